The van der Waals surface area contributed by atoms with Crippen LogP contribution in [0.4, 0.5) is 13.2 Å². The lowest BCUT2D eigenvalue weighted by molar-refractivity contribution is -0.137. The van der Waals surface area contributed by atoms with Gasteiger partial charge in [-0.2, -0.15) is 13.2 Å². The van der Waals surface area contributed by atoms with Gasteiger partial charge in [0.1, 0.15) is 11.4 Å². The number of aliphatic hydroxyl groups is 2. The molecule has 4 N–H and O–H groups in total. The molecule has 0 unspecified atom stereocenters. The predicted octanol–water partition coefficient (Wildman–Crippen LogP) is 5.48. The molecule has 0 atom stereocenters. The quantitative estimate of drug-likeness (QED) is 0.186. The molecule has 8 nitrogen and oxygen atoms in total. The van der Waals surface area contributed by atoms with E-state index in [9.17, 15) is 33.3 Å². The van der Waals surface area contributed by atoms with E-state index in [4.69, 9.17) is 4.74 Å². The number of carbonyl (C=O) groups is 1. The summed E-state index contributed by atoms with van der Waals surface area (Å²) in [5.41, 5.74) is 1.34. The highest BCUT2D eigenvalue weighted by molar-refractivity contribution is 6.01. The van der Waals surface area contributed by atoms with E-state index in [0.29, 0.717) is 33.5 Å². The number of fused-ring (bicyclic) bond motifs is 1. The van der Waals surface area contributed by atoms with Crippen LogP contribution in [0.3, 0.4) is 0 Å². The molecule has 222 valence electrons. The number of nitrogens with one attached hydrogen (secondary N) is 1. The Bertz CT molecular complexity index is 1460. The Balaban J connectivity index is 0.00000294. The Morgan fingerprint density at radius 1 is 1.02 bits per heavy atom. The second-order valence-corrected chi connectivity index (χ2v) is 9.23. The van der Waals surface area contributed by atoms with Gasteiger partial charge in [-0.3, -0.25) is 4.98 Å². The van der Waals surface area contributed by atoms with Crippen LogP contribution in [-0.4, -0.2) is 56.2 Å². The van der Waals surface area contributed by atoms with Crippen molar-refractivity contribution in [1.29, 1.82) is 0 Å². The molecule has 0 aliphatic heterocycles. The van der Waals surface area contributed by atoms with Crippen molar-refractivity contribution in [3.05, 3.63) is 77.6 Å². The summed E-state index contributed by atoms with van der Waals surface area (Å²) in [6, 6.07) is 13.5. The number of aromatic carboxylic acids is 1. The summed E-state index contributed by atoms with van der Waals surface area (Å²) < 4.78 is 46.3. The van der Waals surface area contributed by atoms with Crippen molar-refractivity contribution in [3.8, 4) is 22.7 Å². The third kappa shape index (κ3) is 7.49. The molecule has 0 amide bonds. The molecule has 0 aliphatic carbocycles. The number of halogens is 5. The first-order valence-electron chi connectivity index (χ1n) is 12.2. The lowest BCUT2D eigenvalue weighted by atomic mass is 10.0. The molecular weight excluding hydrogens is 586 g/mol. The predicted molar refractivity (Wildman–Crippen MR) is 154 cm³/mol. The van der Waals surface area contributed by atoms with E-state index in [1.807, 2.05) is 13.8 Å². The number of ether oxygens (including phenoxy) is 1. The fraction of sp³-hybridized carbons (Fsp3) is 0.286. The van der Waals surface area contributed by atoms with E-state index in [-0.39, 0.29) is 62.1 Å². The Morgan fingerprint density at radius 3 is 2.20 bits per heavy atom. The van der Waals surface area contributed by atoms with Crippen LogP contribution in [0.5, 0.6) is 5.75 Å². The van der Waals surface area contributed by atoms with Crippen molar-refractivity contribution in [3.63, 3.8) is 0 Å². The van der Waals surface area contributed by atoms with Crippen molar-refractivity contribution >= 4 is 41.7 Å². The minimum Gasteiger partial charge on any atom is -0.491 e. The van der Waals surface area contributed by atoms with E-state index in [2.05, 4.69) is 10.3 Å². The maximum atomic E-state index is 13.0. The molecule has 41 heavy (non-hydrogen) atoms. The number of hydrogen-bond donors (Lipinski definition) is 4. The van der Waals surface area contributed by atoms with E-state index in [0.717, 1.165) is 12.3 Å². The molecule has 0 saturated carbocycles. The lowest BCUT2D eigenvalue weighted by Crippen LogP contribution is -2.35. The average Bonchev–Trinajstić information content (AvgIpc) is 3.23. The normalized spacial score (nSPS) is 11.4. The molecule has 0 bridgehead atoms. The minimum absolute atomic E-state index is 0. The number of alkyl halides is 3. The van der Waals surface area contributed by atoms with Crippen LogP contribution >= 0.6 is 24.8 Å². The Kier molecular flexibility index (Phi) is 11.6. The zero-order valence-corrected chi connectivity index (χ0v) is 23.7. The smallest absolute Gasteiger partial charge is 0.417 e. The highest BCUT2D eigenvalue weighted by atomic mass is 35.5. The molecule has 13 heteroatoms. The first-order valence-corrected chi connectivity index (χ1v) is 12.2. The number of carboxylic acids is 1. The molecule has 0 fully saturated rings. The van der Waals surface area contributed by atoms with Crippen LogP contribution in [0.15, 0.2) is 60.8 Å². The van der Waals surface area contributed by atoms with Crippen molar-refractivity contribution in [2.24, 2.45) is 0 Å². The summed E-state index contributed by atoms with van der Waals surface area (Å²) in [5, 5.41) is 32.7. The first kappa shape index (κ1) is 33.9. The van der Waals surface area contributed by atoms with Crippen LogP contribution in [0.2, 0.25) is 0 Å². The zero-order valence-electron chi connectivity index (χ0n) is 22.1. The topological polar surface area (TPSA) is 117 Å². The van der Waals surface area contributed by atoms with Gasteiger partial charge < -0.3 is 29.9 Å². The number of aromatic nitrogens is 2. The summed E-state index contributed by atoms with van der Waals surface area (Å²) >= 11 is 0. The number of carboxylic acid groups (broad SMARTS) is 1. The van der Waals surface area contributed by atoms with Gasteiger partial charge in [-0.15, -0.1) is 24.8 Å². The third-order valence-electron chi connectivity index (χ3n) is 6.14. The fourth-order valence-corrected chi connectivity index (χ4v) is 4.30. The maximum Gasteiger partial charge on any atom is 0.417 e. The molecule has 0 radical (unpaired) electrons. The van der Waals surface area contributed by atoms with Gasteiger partial charge in [0, 0.05) is 34.9 Å². The van der Waals surface area contributed by atoms with Gasteiger partial charge in [0.15, 0.2) is 0 Å². The van der Waals surface area contributed by atoms with Crippen LogP contribution in [0.1, 0.15) is 35.5 Å². The standard InChI is InChI=1S/C28H28F3N3O5.2ClH/c1-16(2)39-21-7-5-20(6-8-21)34-25-10-3-17(24-9-4-18(12-33-24)28(29,30)31)11-22(25)23(26(34)27(37)38)13-32-19(14-35)15-36;;/h3-12,16,19,32,35-36H,13-15H2,1-2H3,(H,37,38);2*1H. The SMILES string of the molecule is CC(C)Oc1ccc(-n2c(C(=O)O)c(CNC(CO)CO)c3cc(-c4ccc(C(F)(F)F)cn4)ccc32)cc1.Cl.Cl. The highest BCUT2D eigenvalue weighted by Gasteiger charge is 2.31. The number of hydrogen-bond acceptors (Lipinski definition) is 6. The summed E-state index contributed by atoms with van der Waals surface area (Å²) in [6.45, 7) is 3.05. The van der Waals surface area contributed by atoms with Crippen LogP contribution in [0, 0.1) is 0 Å². The number of aliphatic hydroxyl groups excluding tert-OH is 2. The fourth-order valence-electron chi connectivity index (χ4n) is 4.30. The van der Waals surface area contributed by atoms with Gasteiger partial charge in [-0.1, -0.05) is 6.07 Å². The zero-order chi connectivity index (χ0) is 28.3. The van der Waals surface area contributed by atoms with E-state index >= 15 is 0 Å². The molecule has 0 spiro atoms. The largest absolute Gasteiger partial charge is 0.491 e. The second-order valence-electron chi connectivity index (χ2n) is 9.23. The summed E-state index contributed by atoms with van der Waals surface area (Å²) in [5.74, 6) is -0.586. The van der Waals surface area contributed by atoms with Gasteiger partial charge in [0.05, 0.1) is 42.1 Å². The molecule has 2 heterocycles. The summed E-state index contributed by atoms with van der Waals surface area (Å²) in [4.78, 5) is 16.5. The molecular formula is C28H30Cl2F3N3O5. The molecule has 2 aromatic heterocycles. The van der Waals surface area contributed by atoms with E-state index < -0.39 is 23.8 Å². The van der Waals surface area contributed by atoms with Gasteiger partial charge in [0.25, 0.3) is 0 Å². The van der Waals surface area contributed by atoms with Gasteiger partial charge in [-0.25, -0.2) is 4.79 Å². The van der Waals surface area contributed by atoms with Gasteiger partial charge >= 0.3 is 12.1 Å². The second kappa shape index (κ2) is 14.0. The van der Waals surface area contributed by atoms with Crippen molar-refractivity contribution < 1.29 is 38.0 Å². The van der Waals surface area contributed by atoms with Gasteiger partial charge in [-0.05, 0) is 62.4 Å². The van der Waals surface area contributed by atoms with Crippen LogP contribution in [-0.2, 0) is 12.7 Å². The minimum atomic E-state index is -4.52. The van der Waals surface area contributed by atoms with Crippen LogP contribution in [0.25, 0.3) is 27.8 Å². The average molecular weight is 616 g/mol. The Labute approximate surface area is 246 Å². The van der Waals surface area contributed by atoms with E-state index in [1.165, 1.54) is 6.07 Å². The number of nitrogens with zero attached hydrogens (tertiary/aromatic N) is 2. The molecule has 4 rings (SSSR count). The van der Waals surface area contributed by atoms with E-state index in [1.54, 1.807) is 47.0 Å². The van der Waals surface area contributed by atoms with Crippen molar-refractivity contribution in [2.45, 2.75) is 38.7 Å². The molecule has 2 aromatic carbocycles. The Morgan fingerprint density at radius 2 is 1.68 bits per heavy atom. The summed E-state index contributed by atoms with van der Waals surface area (Å²) in [6.07, 6.45) is -3.81. The number of pyridine rings is 1. The first-order chi connectivity index (χ1) is 18.5. The number of benzene rings is 2. The molecule has 4 aromatic rings. The Hall–Kier alpha value is -3.35. The van der Waals surface area contributed by atoms with Crippen LogP contribution < -0.4 is 10.1 Å². The van der Waals surface area contributed by atoms with Crippen molar-refractivity contribution in [2.75, 3.05) is 13.2 Å². The third-order valence-corrected chi connectivity index (χ3v) is 6.14. The van der Waals surface area contributed by atoms with Gasteiger partial charge in [0.2, 0.25) is 0 Å². The maximum absolute atomic E-state index is 13.0. The monoisotopic (exact) mass is 615 g/mol. The highest BCUT2D eigenvalue weighted by Crippen LogP contribution is 2.35. The lowest BCUT2D eigenvalue weighted by Gasteiger charge is -2.14. The molecule has 0 saturated heterocycles. The molecule has 0 aliphatic rings. The summed E-state index contributed by atoms with van der Waals surface area (Å²) in [7, 11) is 0. The number of rotatable bonds is 10. The van der Waals surface area contributed by atoms with Crippen molar-refractivity contribution in [1.82, 2.24) is 14.9 Å².